The number of anilines is 2. The first-order valence-corrected chi connectivity index (χ1v) is 8.94. The Labute approximate surface area is 146 Å². The van der Waals surface area contributed by atoms with Crippen LogP contribution in [0.4, 0.5) is 11.4 Å². The molecule has 2 amide bonds. The van der Waals surface area contributed by atoms with Crippen molar-refractivity contribution in [2.24, 2.45) is 0 Å². The highest BCUT2D eigenvalue weighted by Crippen LogP contribution is 2.33. The molecular formula is C19H20N2O2S. The Bertz CT molecular complexity index is 775. The molecular weight excluding hydrogens is 320 g/mol. The minimum atomic E-state index is -0.114. The summed E-state index contributed by atoms with van der Waals surface area (Å²) in [5, 5.41) is 2.81. The van der Waals surface area contributed by atoms with Gasteiger partial charge in [0.2, 0.25) is 11.8 Å². The minimum absolute atomic E-state index is 0.0927. The molecule has 4 nitrogen and oxygen atoms in total. The number of fused-ring (bicyclic) bond motifs is 1. The fraction of sp³-hybridized carbons (Fsp3) is 0.263. The number of nitrogens with zero attached hydrogens (tertiary/aromatic N) is 1. The van der Waals surface area contributed by atoms with Gasteiger partial charge in [0, 0.05) is 23.5 Å². The Balaban J connectivity index is 1.72. The van der Waals surface area contributed by atoms with Crippen molar-refractivity contribution in [2.75, 3.05) is 16.0 Å². The molecule has 0 aromatic heterocycles. The first kappa shape index (κ1) is 16.6. The lowest BCUT2D eigenvalue weighted by Gasteiger charge is -2.22. The third kappa shape index (κ3) is 3.46. The van der Waals surface area contributed by atoms with Crippen molar-refractivity contribution >= 4 is 35.0 Å². The van der Waals surface area contributed by atoms with E-state index in [1.165, 1.54) is 24.2 Å². The molecule has 0 fully saturated rings. The molecule has 1 aliphatic heterocycles. The zero-order chi connectivity index (χ0) is 17.1. The normalized spacial score (nSPS) is 15.9. The van der Waals surface area contributed by atoms with Crippen LogP contribution < -0.4 is 10.2 Å². The van der Waals surface area contributed by atoms with Gasteiger partial charge in [0.05, 0.1) is 11.4 Å². The second kappa shape index (κ2) is 7.09. The predicted molar refractivity (Wildman–Crippen MR) is 98.6 cm³/mol. The Morgan fingerprint density at radius 2 is 1.88 bits per heavy atom. The van der Waals surface area contributed by atoms with Gasteiger partial charge in [-0.3, -0.25) is 9.59 Å². The fourth-order valence-electron chi connectivity index (χ4n) is 3.04. The molecule has 24 heavy (non-hydrogen) atoms. The number of amides is 2. The Morgan fingerprint density at radius 3 is 2.67 bits per heavy atom. The zero-order valence-electron chi connectivity index (χ0n) is 13.8. The number of hydrogen-bond donors (Lipinski definition) is 1. The second-order valence-electron chi connectivity index (χ2n) is 5.91. The molecule has 1 unspecified atom stereocenters. The van der Waals surface area contributed by atoms with E-state index in [0.717, 1.165) is 22.7 Å². The molecule has 2 aromatic rings. The summed E-state index contributed by atoms with van der Waals surface area (Å²) < 4.78 is 0. The molecule has 1 atom stereocenters. The Hall–Kier alpha value is -2.27. The van der Waals surface area contributed by atoms with Crippen LogP contribution in [0, 0.1) is 0 Å². The van der Waals surface area contributed by atoms with Gasteiger partial charge in [0.1, 0.15) is 0 Å². The van der Waals surface area contributed by atoms with Crippen LogP contribution in [0.25, 0.3) is 0 Å². The van der Waals surface area contributed by atoms with Crippen molar-refractivity contribution in [3.8, 4) is 0 Å². The number of hydrogen-bond acceptors (Lipinski definition) is 3. The van der Waals surface area contributed by atoms with Gasteiger partial charge < -0.3 is 10.2 Å². The SMILES string of the molecule is CC(=O)Nc1ccccc1SCC(=O)N1c2ccccc2CC1C. The maximum atomic E-state index is 12.7. The first-order valence-electron chi connectivity index (χ1n) is 7.95. The molecule has 0 radical (unpaired) electrons. The van der Waals surface area contributed by atoms with Gasteiger partial charge in [0.25, 0.3) is 0 Å². The molecule has 3 rings (SSSR count). The van der Waals surface area contributed by atoms with Crippen LogP contribution in [0.2, 0.25) is 0 Å². The lowest BCUT2D eigenvalue weighted by molar-refractivity contribution is -0.116. The summed E-state index contributed by atoms with van der Waals surface area (Å²) in [6.45, 7) is 3.56. The van der Waals surface area contributed by atoms with Gasteiger partial charge in [-0.2, -0.15) is 0 Å². The molecule has 1 N–H and O–H groups in total. The number of carbonyl (C=O) groups excluding carboxylic acids is 2. The van der Waals surface area contributed by atoms with Crippen molar-refractivity contribution < 1.29 is 9.59 Å². The Kier molecular flexibility index (Phi) is 4.90. The number of nitrogens with one attached hydrogen (secondary N) is 1. The van der Waals surface area contributed by atoms with Crippen molar-refractivity contribution in [2.45, 2.75) is 31.2 Å². The van der Waals surface area contributed by atoms with Crippen molar-refractivity contribution in [1.29, 1.82) is 0 Å². The highest BCUT2D eigenvalue weighted by Gasteiger charge is 2.30. The van der Waals surface area contributed by atoms with Gasteiger partial charge in [0.15, 0.2) is 0 Å². The van der Waals surface area contributed by atoms with Gasteiger partial charge in [-0.25, -0.2) is 0 Å². The van der Waals surface area contributed by atoms with E-state index in [9.17, 15) is 9.59 Å². The number of carbonyl (C=O) groups is 2. The zero-order valence-corrected chi connectivity index (χ0v) is 14.6. The largest absolute Gasteiger partial charge is 0.325 e. The summed E-state index contributed by atoms with van der Waals surface area (Å²) in [6.07, 6.45) is 0.898. The molecule has 5 heteroatoms. The van der Waals surface area contributed by atoms with Crippen molar-refractivity contribution in [1.82, 2.24) is 0 Å². The van der Waals surface area contributed by atoms with E-state index in [2.05, 4.69) is 18.3 Å². The summed E-state index contributed by atoms with van der Waals surface area (Å²) in [4.78, 5) is 26.8. The average molecular weight is 340 g/mol. The third-order valence-electron chi connectivity index (χ3n) is 4.02. The van der Waals surface area contributed by atoms with Gasteiger partial charge >= 0.3 is 0 Å². The highest BCUT2D eigenvalue weighted by molar-refractivity contribution is 8.00. The first-order chi connectivity index (χ1) is 11.6. The molecule has 1 heterocycles. The van der Waals surface area contributed by atoms with Crippen LogP contribution in [-0.2, 0) is 16.0 Å². The summed E-state index contributed by atoms with van der Waals surface area (Å²) in [5.74, 6) is 0.321. The molecule has 1 aliphatic rings. The van der Waals surface area contributed by atoms with E-state index in [-0.39, 0.29) is 17.9 Å². The maximum absolute atomic E-state index is 12.7. The molecule has 124 valence electrons. The molecule has 0 aliphatic carbocycles. The van der Waals surface area contributed by atoms with Crippen LogP contribution in [0.3, 0.4) is 0 Å². The number of rotatable bonds is 4. The molecule has 0 bridgehead atoms. The topological polar surface area (TPSA) is 49.4 Å². The molecule has 2 aromatic carbocycles. The molecule has 0 saturated carbocycles. The standard InChI is InChI=1S/C19H20N2O2S/c1-13-11-15-7-3-5-9-17(15)21(13)19(23)12-24-18-10-6-4-8-16(18)20-14(2)22/h3-10,13H,11-12H2,1-2H3,(H,20,22). The third-order valence-corrected chi connectivity index (χ3v) is 5.08. The molecule has 0 saturated heterocycles. The van der Waals surface area contributed by atoms with E-state index < -0.39 is 0 Å². The van der Waals surface area contributed by atoms with Crippen LogP contribution in [0.15, 0.2) is 53.4 Å². The summed E-state index contributed by atoms with van der Waals surface area (Å²) >= 11 is 1.45. The minimum Gasteiger partial charge on any atom is -0.325 e. The molecule has 0 spiro atoms. The highest BCUT2D eigenvalue weighted by atomic mass is 32.2. The van der Waals surface area contributed by atoms with Gasteiger partial charge in [-0.15, -0.1) is 11.8 Å². The van der Waals surface area contributed by atoms with E-state index >= 15 is 0 Å². The maximum Gasteiger partial charge on any atom is 0.237 e. The second-order valence-corrected chi connectivity index (χ2v) is 6.93. The Morgan fingerprint density at radius 1 is 1.17 bits per heavy atom. The fourth-order valence-corrected chi connectivity index (χ4v) is 3.91. The number of benzene rings is 2. The summed E-state index contributed by atoms with van der Waals surface area (Å²) in [7, 11) is 0. The van der Waals surface area contributed by atoms with Crippen LogP contribution in [0.5, 0.6) is 0 Å². The van der Waals surface area contributed by atoms with Crippen molar-refractivity contribution in [3.05, 3.63) is 54.1 Å². The number of thioether (sulfide) groups is 1. The van der Waals surface area contributed by atoms with E-state index in [1.807, 2.05) is 47.4 Å². The van der Waals surface area contributed by atoms with Crippen LogP contribution in [0.1, 0.15) is 19.4 Å². The van der Waals surface area contributed by atoms with Gasteiger partial charge in [-0.1, -0.05) is 30.3 Å². The van der Waals surface area contributed by atoms with Crippen molar-refractivity contribution in [3.63, 3.8) is 0 Å². The average Bonchev–Trinajstić information content (AvgIpc) is 2.89. The van der Waals surface area contributed by atoms with E-state index in [1.54, 1.807) is 0 Å². The predicted octanol–water partition coefficient (Wildman–Crippen LogP) is 3.71. The van der Waals surface area contributed by atoms with Crippen LogP contribution >= 0.6 is 11.8 Å². The lowest BCUT2D eigenvalue weighted by atomic mass is 10.1. The number of para-hydroxylation sites is 2. The smallest absolute Gasteiger partial charge is 0.237 e. The van der Waals surface area contributed by atoms with Crippen LogP contribution in [-0.4, -0.2) is 23.6 Å². The van der Waals surface area contributed by atoms with Gasteiger partial charge in [-0.05, 0) is 37.1 Å². The monoisotopic (exact) mass is 340 g/mol. The van der Waals surface area contributed by atoms with E-state index in [0.29, 0.717) is 5.75 Å². The summed E-state index contributed by atoms with van der Waals surface area (Å²) in [5.41, 5.74) is 2.99. The lowest BCUT2D eigenvalue weighted by Crippen LogP contribution is -2.36. The quantitative estimate of drug-likeness (QED) is 0.863. The summed E-state index contributed by atoms with van der Waals surface area (Å²) in [6, 6.07) is 15.8. The van der Waals surface area contributed by atoms with E-state index in [4.69, 9.17) is 0 Å².